The maximum atomic E-state index is 13.6. The molecule has 0 spiro atoms. The van der Waals surface area contributed by atoms with Gasteiger partial charge in [-0.3, -0.25) is 9.69 Å². The van der Waals surface area contributed by atoms with E-state index in [1.54, 1.807) is 24.0 Å². The van der Waals surface area contributed by atoms with Gasteiger partial charge in [-0.1, -0.05) is 13.0 Å². The zero-order chi connectivity index (χ0) is 15.4. The van der Waals surface area contributed by atoms with Crippen molar-refractivity contribution in [3.05, 3.63) is 35.1 Å². The van der Waals surface area contributed by atoms with E-state index in [0.29, 0.717) is 36.7 Å². The summed E-state index contributed by atoms with van der Waals surface area (Å²) in [7, 11) is 0. The van der Waals surface area contributed by atoms with Crippen LogP contribution in [0, 0.1) is 18.7 Å². The first-order valence-electron chi connectivity index (χ1n) is 7.49. The van der Waals surface area contributed by atoms with Gasteiger partial charge < -0.3 is 10.6 Å². The molecule has 1 aliphatic heterocycles. The normalized spacial score (nSPS) is 17.8. The Morgan fingerprint density at radius 3 is 2.57 bits per heavy atom. The number of piperazine rings is 1. The number of hydrogen-bond acceptors (Lipinski definition) is 3. The van der Waals surface area contributed by atoms with Crippen LogP contribution in [0.1, 0.15) is 22.8 Å². The lowest BCUT2D eigenvalue weighted by molar-refractivity contribution is 0.0621. The first kappa shape index (κ1) is 15.9. The van der Waals surface area contributed by atoms with Crippen LogP contribution in [0.5, 0.6) is 0 Å². The molecule has 0 aromatic heterocycles. The van der Waals surface area contributed by atoms with Crippen LogP contribution in [0.2, 0.25) is 0 Å². The zero-order valence-corrected chi connectivity index (χ0v) is 12.8. The van der Waals surface area contributed by atoms with E-state index in [1.807, 2.05) is 0 Å². The number of nitrogens with zero attached hydrogens (tertiary/aromatic N) is 2. The maximum Gasteiger partial charge on any atom is 0.254 e. The number of benzene rings is 1. The monoisotopic (exact) mass is 293 g/mol. The number of aryl methyl sites for hydroxylation is 1. The van der Waals surface area contributed by atoms with Gasteiger partial charge in [0.05, 0.1) is 0 Å². The second-order valence-corrected chi connectivity index (χ2v) is 5.90. The Hall–Kier alpha value is -1.46. The summed E-state index contributed by atoms with van der Waals surface area (Å²) in [5.74, 6) is 0.0649. The van der Waals surface area contributed by atoms with Gasteiger partial charge in [0.2, 0.25) is 0 Å². The topological polar surface area (TPSA) is 49.6 Å². The van der Waals surface area contributed by atoms with Gasteiger partial charge >= 0.3 is 0 Å². The van der Waals surface area contributed by atoms with Crippen LogP contribution in [-0.4, -0.2) is 55.0 Å². The van der Waals surface area contributed by atoms with Crippen LogP contribution in [0.25, 0.3) is 0 Å². The highest BCUT2D eigenvalue weighted by Gasteiger charge is 2.23. The predicted molar refractivity (Wildman–Crippen MR) is 81.7 cm³/mol. The fraction of sp³-hybridized carbons (Fsp3) is 0.562. The third-order valence-electron chi connectivity index (χ3n) is 4.05. The van der Waals surface area contributed by atoms with Crippen molar-refractivity contribution < 1.29 is 9.18 Å². The molecular formula is C16H24FN3O. The van der Waals surface area contributed by atoms with E-state index >= 15 is 0 Å². The summed E-state index contributed by atoms with van der Waals surface area (Å²) in [4.78, 5) is 16.5. The third-order valence-corrected chi connectivity index (χ3v) is 4.05. The second-order valence-electron chi connectivity index (χ2n) is 5.90. The minimum Gasteiger partial charge on any atom is -0.336 e. The Bertz CT molecular complexity index is 498. The van der Waals surface area contributed by atoms with E-state index in [9.17, 15) is 9.18 Å². The van der Waals surface area contributed by atoms with E-state index in [0.717, 1.165) is 19.6 Å². The molecule has 1 atom stereocenters. The van der Waals surface area contributed by atoms with E-state index in [4.69, 9.17) is 5.73 Å². The van der Waals surface area contributed by atoms with Crippen LogP contribution in [0.15, 0.2) is 18.2 Å². The maximum absolute atomic E-state index is 13.6. The Morgan fingerprint density at radius 1 is 1.33 bits per heavy atom. The lowest BCUT2D eigenvalue weighted by Gasteiger charge is -2.35. The van der Waals surface area contributed by atoms with Crippen LogP contribution in [-0.2, 0) is 0 Å². The van der Waals surface area contributed by atoms with Crippen molar-refractivity contribution in [1.82, 2.24) is 9.80 Å². The molecule has 1 aliphatic rings. The minimum atomic E-state index is -0.323. The number of amides is 1. The van der Waals surface area contributed by atoms with Crippen molar-refractivity contribution >= 4 is 5.91 Å². The van der Waals surface area contributed by atoms with Gasteiger partial charge in [-0.05, 0) is 37.1 Å². The number of carbonyl (C=O) groups excluding carboxylic acids is 1. The molecule has 5 heteroatoms. The van der Waals surface area contributed by atoms with Crippen LogP contribution in [0.3, 0.4) is 0 Å². The molecule has 1 unspecified atom stereocenters. The molecule has 21 heavy (non-hydrogen) atoms. The number of hydrogen-bond donors (Lipinski definition) is 1. The van der Waals surface area contributed by atoms with Crippen molar-refractivity contribution in [3.63, 3.8) is 0 Å². The lowest BCUT2D eigenvalue weighted by Crippen LogP contribution is -2.50. The fourth-order valence-electron chi connectivity index (χ4n) is 2.56. The molecule has 1 saturated heterocycles. The highest BCUT2D eigenvalue weighted by atomic mass is 19.1. The molecule has 0 radical (unpaired) electrons. The molecule has 0 aliphatic carbocycles. The van der Waals surface area contributed by atoms with E-state index in [-0.39, 0.29) is 11.7 Å². The molecule has 2 N–H and O–H groups in total. The standard InChI is InChI=1S/C16H24FN3O/c1-12(10-18)11-19-5-7-20(8-6-19)16(21)14-4-3-13(2)15(17)9-14/h3-4,9,12H,5-8,10-11,18H2,1-2H3. The van der Waals surface area contributed by atoms with Crippen LogP contribution >= 0.6 is 0 Å². The number of carbonyl (C=O) groups is 1. The van der Waals surface area contributed by atoms with Crippen molar-refractivity contribution in [1.29, 1.82) is 0 Å². The highest BCUT2D eigenvalue weighted by molar-refractivity contribution is 5.94. The van der Waals surface area contributed by atoms with E-state index in [1.165, 1.54) is 6.07 Å². The predicted octanol–water partition coefficient (Wildman–Crippen LogP) is 1.49. The van der Waals surface area contributed by atoms with Gasteiger partial charge in [-0.15, -0.1) is 0 Å². The zero-order valence-electron chi connectivity index (χ0n) is 12.8. The van der Waals surface area contributed by atoms with Gasteiger partial charge in [-0.2, -0.15) is 0 Å². The average molecular weight is 293 g/mol. The number of halogens is 1. The number of rotatable bonds is 4. The molecule has 1 heterocycles. The molecular weight excluding hydrogens is 269 g/mol. The summed E-state index contributed by atoms with van der Waals surface area (Å²) >= 11 is 0. The third kappa shape index (κ3) is 4.02. The average Bonchev–Trinajstić information content (AvgIpc) is 2.50. The minimum absolute atomic E-state index is 0.0829. The smallest absolute Gasteiger partial charge is 0.254 e. The molecule has 0 bridgehead atoms. The summed E-state index contributed by atoms with van der Waals surface area (Å²) < 4.78 is 13.6. The second kappa shape index (κ2) is 7.00. The molecule has 1 aromatic rings. The molecule has 1 aromatic carbocycles. The van der Waals surface area contributed by atoms with Crippen molar-refractivity contribution in [3.8, 4) is 0 Å². The van der Waals surface area contributed by atoms with Crippen molar-refractivity contribution in [2.75, 3.05) is 39.3 Å². The molecule has 0 saturated carbocycles. The van der Waals surface area contributed by atoms with Crippen LogP contribution < -0.4 is 5.73 Å². The van der Waals surface area contributed by atoms with E-state index in [2.05, 4.69) is 11.8 Å². The highest BCUT2D eigenvalue weighted by Crippen LogP contribution is 2.13. The summed E-state index contributed by atoms with van der Waals surface area (Å²) in [6.45, 7) is 8.55. The Labute approximate surface area is 125 Å². The van der Waals surface area contributed by atoms with Crippen molar-refractivity contribution in [2.45, 2.75) is 13.8 Å². The van der Waals surface area contributed by atoms with E-state index < -0.39 is 0 Å². The van der Waals surface area contributed by atoms with Crippen molar-refractivity contribution in [2.24, 2.45) is 11.7 Å². The summed E-state index contributed by atoms with van der Waals surface area (Å²) in [6, 6.07) is 4.69. The first-order chi connectivity index (χ1) is 10.0. The lowest BCUT2D eigenvalue weighted by atomic mass is 10.1. The SMILES string of the molecule is Cc1ccc(C(=O)N2CCN(CC(C)CN)CC2)cc1F. The molecule has 1 fully saturated rings. The quantitative estimate of drug-likeness (QED) is 0.915. The van der Waals surface area contributed by atoms with Gasteiger partial charge in [0.1, 0.15) is 5.82 Å². The van der Waals surface area contributed by atoms with Crippen LogP contribution in [0.4, 0.5) is 4.39 Å². The Kier molecular flexibility index (Phi) is 5.31. The molecule has 1 amide bonds. The number of nitrogens with two attached hydrogens (primary N) is 1. The summed E-state index contributed by atoms with van der Waals surface area (Å²) in [6.07, 6.45) is 0. The molecule has 2 rings (SSSR count). The summed E-state index contributed by atoms with van der Waals surface area (Å²) in [5.41, 5.74) is 6.63. The summed E-state index contributed by atoms with van der Waals surface area (Å²) in [5, 5.41) is 0. The fourth-order valence-corrected chi connectivity index (χ4v) is 2.56. The Morgan fingerprint density at radius 2 is 2.00 bits per heavy atom. The van der Waals surface area contributed by atoms with Gasteiger partial charge in [-0.25, -0.2) is 4.39 Å². The van der Waals surface area contributed by atoms with Gasteiger partial charge in [0.15, 0.2) is 0 Å². The molecule has 116 valence electrons. The first-order valence-corrected chi connectivity index (χ1v) is 7.49. The van der Waals surface area contributed by atoms with Gasteiger partial charge in [0, 0.05) is 38.3 Å². The Balaban J connectivity index is 1.92. The molecule has 4 nitrogen and oxygen atoms in total. The largest absolute Gasteiger partial charge is 0.336 e. The van der Waals surface area contributed by atoms with Gasteiger partial charge in [0.25, 0.3) is 5.91 Å².